The van der Waals surface area contributed by atoms with Gasteiger partial charge in [0.05, 0.1) is 21.8 Å². The van der Waals surface area contributed by atoms with Crippen LogP contribution in [0.25, 0.3) is 16.6 Å². The van der Waals surface area contributed by atoms with E-state index in [9.17, 15) is 14.4 Å². The molecule has 2 N–H and O–H groups in total. The minimum Gasteiger partial charge on any atom is -0.326 e. The number of nitrogens with one attached hydrogen (secondary N) is 2. The summed E-state index contributed by atoms with van der Waals surface area (Å²) in [5.41, 5.74) is 2.17. The Balaban J connectivity index is 1.62. The molecule has 4 rings (SSSR count). The molecule has 2 amide bonds. The lowest BCUT2D eigenvalue weighted by Gasteiger charge is -2.16. The first-order chi connectivity index (χ1) is 16.3. The number of carbonyl (C=O) groups excluding carboxylic acids is 2. The van der Waals surface area contributed by atoms with Crippen LogP contribution in [-0.4, -0.2) is 26.6 Å². The van der Waals surface area contributed by atoms with Crippen LogP contribution in [0.15, 0.2) is 82.7 Å². The van der Waals surface area contributed by atoms with Gasteiger partial charge < -0.3 is 10.6 Å². The summed E-state index contributed by atoms with van der Waals surface area (Å²) >= 11 is 7.22. The molecule has 3 aromatic carbocycles. The number of fused-ring (bicyclic) bond motifs is 1. The number of rotatable bonds is 6. The third-order valence-corrected chi connectivity index (χ3v) is 6.26. The average Bonchev–Trinajstić information content (AvgIpc) is 2.81. The van der Waals surface area contributed by atoms with Crippen LogP contribution in [0.2, 0.25) is 5.02 Å². The second-order valence-electron chi connectivity index (χ2n) is 7.54. The monoisotopic (exact) mass is 492 g/mol. The molecule has 0 unspecified atom stereocenters. The maximum atomic E-state index is 13.3. The largest absolute Gasteiger partial charge is 0.326 e. The van der Waals surface area contributed by atoms with Gasteiger partial charge in [0.1, 0.15) is 0 Å². The van der Waals surface area contributed by atoms with E-state index in [2.05, 4.69) is 15.6 Å². The highest BCUT2D eigenvalue weighted by molar-refractivity contribution is 8.00. The summed E-state index contributed by atoms with van der Waals surface area (Å²) in [6.45, 7) is 3.18. The Kier molecular flexibility index (Phi) is 7.00. The van der Waals surface area contributed by atoms with Crippen molar-refractivity contribution in [3.05, 3.63) is 88.2 Å². The molecule has 7 nitrogen and oxygen atoms in total. The lowest BCUT2D eigenvalue weighted by Crippen LogP contribution is -2.26. The molecule has 34 heavy (non-hydrogen) atoms. The summed E-state index contributed by atoms with van der Waals surface area (Å²) in [5.74, 6) is -0.418. The van der Waals surface area contributed by atoms with E-state index in [0.717, 1.165) is 0 Å². The van der Waals surface area contributed by atoms with E-state index in [0.29, 0.717) is 38.1 Å². The predicted molar refractivity (Wildman–Crippen MR) is 137 cm³/mol. The molecular weight excluding hydrogens is 472 g/mol. The molecule has 0 saturated carbocycles. The standard InChI is InChI=1S/C25H21ClN4O3S/c1-15(23(32)28-19-11-9-18(10-12-19)27-16(2)31)34-25-29-22-6-4-3-5-21(22)24(33)30(25)20-13-7-17(26)8-14-20/h3-15H,1-2H3,(H,27,31)(H,28,32)/t15-/m0/s1. The van der Waals surface area contributed by atoms with Crippen molar-refractivity contribution in [1.82, 2.24) is 9.55 Å². The number of benzene rings is 3. The van der Waals surface area contributed by atoms with Crippen molar-refractivity contribution in [2.75, 3.05) is 10.6 Å². The normalized spacial score (nSPS) is 11.7. The number of halogens is 1. The Hall–Kier alpha value is -3.62. The minimum absolute atomic E-state index is 0.170. The molecule has 4 aromatic rings. The summed E-state index contributed by atoms with van der Waals surface area (Å²) < 4.78 is 1.50. The first-order valence-corrected chi connectivity index (χ1v) is 11.7. The fourth-order valence-electron chi connectivity index (χ4n) is 3.30. The number of carbonyl (C=O) groups is 2. The van der Waals surface area contributed by atoms with Crippen molar-refractivity contribution < 1.29 is 9.59 Å². The topological polar surface area (TPSA) is 93.1 Å². The molecule has 172 valence electrons. The van der Waals surface area contributed by atoms with Crippen LogP contribution in [-0.2, 0) is 9.59 Å². The Morgan fingerprint density at radius 3 is 2.21 bits per heavy atom. The van der Waals surface area contributed by atoms with E-state index in [1.165, 1.54) is 23.3 Å². The van der Waals surface area contributed by atoms with Crippen LogP contribution < -0.4 is 16.2 Å². The van der Waals surface area contributed by atoms with Gasteiger partial charge in [0.25, 0.3) is 5.56 Å². The fourth-order valence-corrected chi connectivity index (χ4v) is 4.36. The second kappa shape index (κ2) is 10.1. The third-order valence-electron chi connectivity index (χ3n) is 4.95. The van der Waals surface area contributed by atoms with Crippen molar-refractivity contribution in [3.8, 4) is 5.69 Å². The molecule has 0 aliphatic rings. The number of para-hydroxylation sites is 1. The second-order valence-corrected chi connectivity index (χ2v) is 9.28. The van der Waals surface area contributed by atoms with E-state index in [1.807, 2.05) is 6.07 Å². The Morgan fingerprint density at radius 1 is 0.941 bits per heavy atom. The van der Waals surface area contributed by atoms with Crippen LogP contribution in [0.1, 0.15) is 13.8 Å². The van der Waals surface area contributed by atoms with Gasteiger partial charge >= 0.3 is 0 Å². The summed E-state index contributed by atoms with van der Waals surface area (Å²) in [7, 11) is 0. The number of amides is 2. The minimum atomic E-state index is -0.554. The summed E-state index contributed by atoms with van der Waals surface area (Å²) in [6, 6.07) is 20.8. The zero-order valence-corrected chi connectivity index (χ0v) is 20.0. The molecule has 0 spiro atoms. The first-order valence-electron chi connectivity index (χ1n) is 10.4. The van der Waals surface area contributed by atoms with Gasteiger partial charge in [0.2, 0.25) is 11.8 Å². The molecule has 1 atom stereocenters. The molecular formula is C25H21ClN4O3S. The molecule has 0 saturated heterocycles. The van der Waals surface area contributed by atoms with Gasteiger partial charge in [0.15, 0.2) is 5.16 Å². The Bertz CT molecular complexity index is 1420. The van der Waals surface area contributed by atoms with Crippen LogP contribution in [0, 0.1) is 0 Å². The van der Waals surface area contributed by atoms with Gasteiger partial charge in [-0.2, -0.15) is 0 Å². The zero-order chi connectivity index (χ0) is 24.2. The van der Waals surface area contributed by atoms with Crippen LogP contribution in [0.3, 0.4) is 0 Å². The highest BCUT2D eigenvalue weighted by atomic mass is 35.5. The quantitative estimate of drug-likeness (QED) is 0.288. The SMILES string of the molecule is CC(=O)Nc1ccc(NC(=O)[C@H](C)Sc2nc3ccccc3c(=O)n2-c2ccc(Cl)cc2)cc1. The maximum Gasteiger partial charge on any atom is 0.266 e. The van der Waals surface area contributed by atoms with Gasteiger partial charge in [-0.05, 0) is 67.6 Å². The van der Waals surface area contributed by atoms with Crippen molar-refractivity contribution in [2.45, 2.75) is 24.3 Å². The highest BCUT2D eigenvalue weighted by Gasteiger charge is 2.20. The molecule has 0 aliphatic carbocycles. The van der Waals surface area contributed by atoms with Gasteiger partial charge in [-0.1, -0.05) is 35.5 Å². The molecule has 0 aliphatic heterocycles. The van der Waals surface area contributed by atoms with E-state index in [4.69, 9.17) is 11.6 Å². The lowest BCUT2D eigenvalue weighted by atomic mass is 10.2. The van der Waals surface area contributed by atoms with Gasteiger partial charge in [-0.3, -0.25) is 19.0 Å². The Labute approximate surface area is 205 Å². The first kappa shape index (κ1) is 23.5. The van der Waals surface area contributed by atoms with Crippen LogP contribution in [0.4, 0.5) is 11.4 Å². The smallest absolute Gasteiger partial charge is 0.266 e. The number of thioether (sulfide) groups is 1. The fraction of sp³-hybridized carbons (Fsp3) is 0.120. The maximum absolute atomic E-state index is 13.3. The number of anilines is 2. The predicted octanol–water partition coefficient (Wildman–Crippen LogP) is 5.12. The lowest BCUT2D eigenvalue weighted by molar-refractivity contribution is -0.115. The number of hydrogen-bond donors (Lipinski definition) is 2. The van der Waals surface area contributed by atoms with E-state index < -0.39 is 5.25 Å². The number of hydrogen-bond acceptors (Lipinski definition) is 5. The number of aromatic nitrogens is 2. The summed E-state index contributed by atoms with van der Waals surface area (Å²) in [4.78, 5) is 42.1. The summed E-state index contributed by atoms with van der Waals surface area (Å²) in [6.07, 6.45) is 0. The van der Waals surface area contributed by atoms with Gasteiger partial charge in [-0.25, -0.2) is 4.98 Å². The van der Waals surface area contributed by atoms with E-state index in [-0.39, 0.29) is 17.4 Å². The molecule has 9 heteroatoms. The third kappa shape index (κ3) is 5.30. The molecule has 0 radical (unpaired) electrons. The van der Waals surface area contributed by atoms with E-state index >= 15 is 0 Å². The van der Waals surface area contributed by atoms with Crippen molar-refractivity contribution in [1.29, 1.82) is 0 Å². The van der Waals surface area contributed by atoms with E-state index in [1.54, 1.807) is 73.7 Å². The molecule has 1 aromatic heterocycles. The zero-order valence-electron chi connectivity index (χ0n) is 18.4. The van der Waals surface area contributed by atoms with Gasteiger partial charge in [0, 0.05) is 23.3 Å². The van der Waals surface area contributed by atoms with Gasteiger partial charge in [-0.15, -0.1) is 0 Å². The van der Waals surface area contributed by atoms with Crippen LogP contribution >= 0.6 is 23.4 Å². The van der Waals surface area contributed by atoms with Crippen molar-refractivity contribution in [3.63, 3.8) is 0 Å². The van der Waals surface area contributed by atoms with Crippen LogP contribution in [0.5, 0.6) is 0 Å². The van der Waals surface area contributed by atoms with Crippen molar-refractivity contribution >= 4 is 57.5 Å². The molecule has 0 fully saturated rings. The summed E-state index contributed by atoms with van der Waals surface area (Å²) in [5, 5.41) is 6.42. The van der Waals surface area contributed by atoms with Crippen molar-refractivity contribution in [2.24, 2.45) is 0 Å². The highest BCUT2D eigenvalue weighted by Crippen LogP contribution is 2.26. The Morgan fingerprint density at radius 2 is 1.56 bits per heavy atom. The molecule has 0 bridgehead atoms. The number of nitrogens with zero attached hydrogens (tertiary/aromatic N) is 2. The molecule has 1 heterocycles. The average molecular weight is 493 g/mol.